The number of hydroxylamine groups is 1. The summed E-state index contributed by atoms with van der Waals surface area (Å²) in [6, 6.07) is 9.50. The van der Waals surface area contributed by atoms with E-state index >= 15 is 0 Å². The molecule has 0 aliphatic carbocycles. The number of alkyl carbamates (subject to hydrolysis) is 1. The van der Waals surface area contributed by atoms with Gasteiger partial charge in [0.15, 0.2) is 0 Å². The van der Waals surface area contributed by atoms with Gasteiger partial charge in [-0.05, 0) is 74.8 Å². The van der Waals surface area contributed by atoms with Crippen molar-refractivity contribution in [3.05, 3.63) is 48.2 Å². The lowest BCUT2D eigenvalue weighted by Crippen LogP contribution is -2.51. The van der Waals surface area contributed by atoms with Gasteiger partial charge >= 0.3 is 6.09 Å². The fourth-order valence-corrected chi connectivity index (χ4v) is 8.67. The number of nitrogens with one attached hydrogen (secondary N) is 4. The molecule has 54 heavy (non-hydrogen) atoms. The quantitative estimate of drug-likeness (QED) is 0.0749. The Morgan fingerprint density at radius 2 is 1.81 bits per heavy atom. The number of H-pyrrole nitrogens is 2. The fourth-order valence-electron chi connectivity index (χ4n) is 7.61. The third-order valence-electron chi connectivity index (χ3n) is 10.6. The maximum atomic E-state index is 13.7. The Kier molecular flexibility index (Phi) is 11.1. The van der Waals surface area contributed by atoms with E-state index in [1.807, 2.05) is 37.1 Å². The monoisotopic (exact) mass is 754 g/mol. The first-order valence-electron chi connectivity index (χ1n) is 18.8. The Balaban J connectivity index is 1.17. The minimum absolute atomic E-state index is 0.109. The predicted octanol–water partition coefficient (Wildman–Crippen LogP) is 6.70. The van der Waals surface area contributed by atoms with E-state index in [1.165, 1.54) is 7.11 Å². The van der Waals surface area contributed by atoms with Crippen LogP contribution in [0.15, 0.2) is 36.5 Å². The third-order valence-corrected chi connectivity index (χ3v) is 11.8. The second kappa shape index (κ2) is 16.0. The highest BCUT2D eigenvalue weighted by Gasteiger charge is 2.37. The topological polar surface area (TPSA) is 189 Å². The number of carbonyl (C=O) groups is 2. The second-order valence-electron chi connectivity index (χ2n) is 14.9. The first-order chi connectivity index (χ1) is 26.1. The summed E-state index contributed by atoms with van der Waals surface area (Å²) in [5.41, 5.74) is 15.3. The van der Waals surface area contributed by atoms with E-state index in [0.29, 0.717) is 19.0 Å². The van der Waals surface area contributed by atoms with Crippen LogP contribution in [-0.2, 0) is 14.4 Å². The summed E-state index contributed by atoms with van der Waals surface area (Å²) in [6.45, 7) is 9.42. The average molecular weight is 755 g/mol. The van der Waals surface area contributed by atoms with Crippen molar-refractivity contribution < 1.29 is 19.2 Å². The van der Waals surface area contributed by atoms with Gasteiger partial charge in [0, 0.05) is 29.5 Å². The van der Waals surface area contributed by atoms with Crippen molar-refractivity contribution in [1.82, 2.24) is 45.6 Å². The summed E-state index contributed by atoms with van der Waals surface area (Å²) >= 11 is 1.60. The number of nitrogens with zero attached hydrogens (tertiary/aromatic N) is 5. The van der Waals surface area contributed by atoms with Crippen molar-refractivity contribution >= 4 is 66.5 Å². The van der Waals surface area contributed by atoms with Crippen LogP contribution in [0.3, 0.4) is 0 Å². The van der Waals surface area contributed by atoms with Gasteiger partial charge in [-0.2, -0.15) is 5.48 Å². The molecule has 7 rings (SSSR count). The molecule has 6 N–H and O–H groups in total. The fraction of sp³-hybridized carbons (Fsp3) is 0.487. The normalized spacial score (nSPS) is 16.7. The van der Waals surface area contributed by atoms with E-state index in [-0.39, 0.29) is 29.8 Å². The number of rotatable bonds is 14. The minimum atomic E-state index is -0.694. The number of carbonyl (C=O) groups excluding carboxylic acids is 2. The maximum Gasteiger partial charge on any atom is 0.407 e. The number of aromatic nitrogens is 6. The van der Waals surface area contributed by atoms with Gasteiger partial charge in [0.1, 0.15) is 28.2 Å². The SMILES string of the molecule is CON[C@H](CC(CCCN)c1nc2cnc3cc(-c4nc5ccc6nc([C@@H]7CCCN7C(=O)[C@@H](NC(=O)OC)C(C)C)[nH]c6c5s4)ccc3c2[nH]1)C(C)C. The van der Waals surface area contributed by atoms with E-state index in [1.54, 1.807) is 18.4 Å². The summed E-state index contributed by atoms with van der Waals surface area (Å²) in [4.78, 5) is 59.9. The lowest BCUT2D eigenvalue weighted by molar-refractivity contribution is -0.135. The molecule has 0 saturated carbocycles. The lowest BCUT2D eigenvalue weighted by Gasteiger charge is -2.29. The number of fused-ring (bicyclic) bond motifs is 6. The van der Waals surface area contributed by atoms with Crippen LogP contribution in [0.4, 0.5) is 4.79 Å². The van der Waals surface area contributed by atoms with E-state index in [9.17, 15) is 9.59 Å². The molecule has 15 heteroatoms. The molecule has 1 unspecified atom stereocenters. The molecular weight excluding hydrogens is 705 g/mol. The zero-order valence-electron chi connectivity index (χ0n) is 31.7. The minimum Gasteiger partial charge on any atom is -0.453 e. The summed E-state index contributed by atoms with van der Waals surface area (Å²) in [5, 5.41) is 4.60. The molecule has 1 aliphatic heterocycles. The molecule has 1 saturated heterocycles. The molecule has 5 heterocycles. The van der Waals surface area contributed by atoms with Gasteiger partial charge < -0.3 is 35.5 Å². The number of imidazole rings is 2. The van der Waals surface area contributed by atoms with E-state index in [0.717, 1.165) is 97.5 Å². The number of thiazole rings is 1. The van der Waals surface area contributed by atoms with Crippen molar-refractivity contribution in [2.45, 2.75) is 83.8 Å². The molecule has 2 amide bonds. The van der Waals surface area contributed by atoms with E-state index < -0.39 is 12.1 Å². The van der Waals surface area contributed by atoms with Crippen molar-refractivity contribution in [2.75, 3.05) is 27.3 Å². The second-order valence-corrected chi connectivity index (χ2v) is 15.9. The number of hydrogen-bond donors (Lipinski definition) is 5. The number of likely N-dealkylation sites (tertiary alicyclic amines) is 1. The Morgan fingerprint density at radius 3 is 2.56 bits per heavy atom. The maximum absolute atomic E-state index is 13.7. The number of hydrogen-bond acceptors (Lipinski definition) is 11. The first-order valence-corrected chi connectivity index (χ1v) is 19.6. The molecule has 6 aromatic rings. The van der Waals surface area contributed by atoms with Crippen LogP contribution >= 0.6 is 11.3 Å². The molecule has 0 spiro atoms. The van der Waals surface area contributed by atoms with Gasteiger partial charge in [0.05, 0.1) is 58.7 Å². The van der Waals surface area contributed by atoms with Gasteiger partial charge in [-0.15, -0.1) is 11.3 Å². The smallest absolute Gasteiger partial charge is 0.407 e. The standard InChI is InChI=1S/C39H50N10O4S/c1-20(2)27(48-53-6)17-22(9-7-15-40)35-43-29-19-41-28-18-23(11-12-24(28)32(29)45-35)37-44-26-14-13-25-33(34(26)54-37)46-36(42-25)30-10-8-16-49(30)38(50)31(21(3)4)47-39(51)52-5/h11-14,18-22,27,30-31,48H,7-10,15-17,40H2,1-6H3,(H,42,46)(H,43,45)(H,47,51)/t22?,27-,30+,31+/m1/s1. The van der Waals surface area contributed by atoms with Gasteiger partial charge in [-0.3, -0.25) is 9.78 Å². The van der Waals surface area contributed by atoms with Gasteiger partial charge in [-0.25, -0.2) is 19.7 Å². The average Bonchev–Trinajstić information content (AvgIpc) is 3.98. The van der Waals surface area contributed by atoms with Crippen LogP contribution in [-0.4, -0.2) is 86.2 Å². The highest BCUT2D eigenvalue weighted by Crippen LogP contribution is 2.39. The molecule has 4 atom stereocenters. The Labute approximate surface area is 318 Å². The number of benzene rings is 2. The molecule has 286 valence electrons. The number of aromatic amines is 2. The van der Waals surface area contributed by atoms with Crippen LogP contribution in [0.1, 0.15) is 83.4 Å². The number of nitrogens with two attached hydrogens (primary N) is 1. The summed E-state index contributed by atoms with van der Waals surface area (Å²) in [7, 11) is 2.96. The molecule has 2 aromatic carbocycles. The van der Waals surface area contributed by atoms with E-state index in [2.05, 4.69) is 52.8 Å². The van der Waals surface area contributed by atoms with Crippen LogP contribution in [0, 0.1) is 11.8 Å². The van der Waals surface area contributed by atoms with E-state index in [4.69, 9.17) is 35.2 Å². The van der Waals surface area contributed by atoms with Crippen molar-refractivity contribution in [3.63, 3.8) is 0 Å². The summed E-state index contributed by atoms with van der Waals surface area (Å²) < 4.78 is 5.79. The predicted molar refractivity (Wildman–Crippen MR) is 212 cm³/mol. The molecule has 14 nitrogen and oxygen atoms in total. The van der Waals surface area contributed by atoms with Crippen molar-refractivity contribution in [3.8, 4) is 10.6 Å². The molecule has 4 aromatic heterocycles. The number of ether oxygens (including phenoxy) is 1. The molecule has 0 radical (unpaired) electrons. The third kappa shape index (κ3) is 7.37. The Morgan fingerprint density at radius 1 is 1.00 bits per heavy atom. The largest absolute Gasteiger partial charge is 0.453 e. The van der Waals surface area contributed by atoms with Crippen LogP contribution in [0.5, 0.6) is 0 Å². The molecule has 1 aliphatic rings. The zero-order valence-corrected chi connectivity index (χ0v) is 32.5. The Bertz CT molecular complexity index is 2280. The van der Waals surface area contributed by atoms with Gasteiger partial charge in [0.2, 0.25) is 5.91 Å². The molecule has 0 bridgehead atoms. The van der Waals surface area contributed by atoms with Gasteiger partial charge in [-0.1, -0.05) is 33.8 Å². The summed E-state index contributed by atoms with van der Waals surface area (Å²) in [6.07, 6.45) is 5.54. The highest BCUT2D eigenvalue weighted by atomic mass is 32.1. The van der Waals surface area contributed by atoms with Crippen LogP contribution < -0.4 is 16.5 Å². The number of pyridine rings is 1. The van der Waals surface area contributed by atoms with Crippen LogP contribution in [0.25, 0.3) is 53.8 Å². The molecular formula is C39H50N10O4S. The van der Waals surface area contributed by atoms with Crippen molar-refractivity contribution in [2.24, 2.45) is 17.6 Å². The molecule has 1 fully saturated rings. The first kappa shape index (κ1) is 37.6. The van der Waals surface area contributed by atoms with Gasteiger partial charge in [0.25, 0.3) is 0 Å². The zero-order chi connectivity index (χ0) is 38.1. The number of amides is 2. The Hall–Kier alpha value is -4.70. The lowest BCUT2D eigenvalue weighted by atomic mass is 9.89. The highest BCUT2D eigenvalue weighted by molar-refractivity contribution is 7.22. The number of methoxy groups -OCH3 is 1. The van der Waals surface area contributed by atoms with Crippen molar-refractivity contribution in [1.29, 1.82) is 0 Å². The van der Waals surface area contributed by atoms with Crippen LogP contribution in [0.2, 0.25) is 0 Å². The summed E-state index contributed by atoms with van der Waals surface area (Å²) in [5.74, 6) is 2.00.